The van der Waals surface area contributed by atoms with Gasteiger partial charge in [0.05, 0.1) is 24.9 Å². The number of aromatic nitrogens is 1. The van der Waals surface area contributed by atoms with Gasteiger partial charge in [-0.3, -0.25) is 4.79 Å². The third-order valence-electron chi connectivity index (χ3n) is 5.52. The number of benzene rings is 1. The fourth-order valence-electron chi connectivity index (χ4n) is 3.90. The average Bonchev–Trinajstić information content (AvgIpc) is 2.79. The number of pyridine rings is 1. The van der Waals surface area contributed by atoms with Crippen LogP contribution in [0.2, 0.25) is 0 Å². The molecule has 0 radical (unpaired) electrons. The van der Waals surface area contributed by atoms with Gasteiger partial charge in [0.15, 0.2) is 5.17 Å². The second-order valence-corrected chi connectivity index (χ2v) is 8.47. The number of rotatable bonds is 4. The Labute approximate surface area is 182 Å². The van der Waals surface area contributed by atoms with Gasteiger partial charge >= 0.3 is 0 Å². The van der Waals surface area contributed by atoms with Crippen LogP contribution >= 0.6 is 11.8 Å². The van der Waals surface area contributed by atoms with E-state index in [0.29, 0.717) is 28.6 Å². The number of nitrogens with zero attached hydrogens (tertiary/aromatic N) is 3. The third kappa shape index (κ3) is 4.12. The summed E-state index contributed by atoms with van der Waals surface area (Å²) in [4.78, 5) is 21.1. The number of anilines is 1. The van der Waals surface area contributed by atoms with Gasteiger partial charge in [0.25, 0.3) is 5.91 Å². The number of thioether (sulfide) groups is 1. The number of hydrogen-bond acceptors (Lipinski definition) is 8. The zero-order chi connectivity index (χ0) is 22.0. The van der Waals surface area contributed by atoms with Crippen molar-refractivity contribution in [3.05, 3.63) is 59.2 Å². The minimum Gasteiger partial charge on any atom is -0.394 e. The van der Waals surface area contributed by atoms with E-state index in [0.717, 1.165) is 0 Å². The molecule has 3 atom stereocenters. The Balaban J connectivity index is 1.66. The highest BCUT2D eigenvalue weighted by Gasteiger charge is 2.49. The van der Waals surface area contributed by atoms with E-state index in [1.807, 2.05) is 6.07 Å². The van der Waals surface area contributed by atoms with Crippen molar-refractivity contribution in [3.8, 4) is 6.07 Å². The summed E-state index contributed by atoms with van der Waals surface area (Å²) >= 11 is 1.40. The van der Waals surface area contributed by atoms with E-state index >= 15 is 0 Å². The minimum atomic E-state index is -1.03. The Kier molecular flexibility index (Phi) is 5.91. The number of carbonyl (C=O) groups excluding carboxylic acids is 1. The Morgan fingerprint density at radius 2 is 2.29 bits per heavy atom. The molecule has 0 spiro atoms. The SMILES string of the molecule is N#Cc1ccc(C(=O)Nc2ccc(F)c([C@]34CO[C@@H](CO)CC3CSC(N)=N4)c2)nc1. The van der Waals surface area contributed by atoms with E-state index in [1.54, 1.807) is 6.07 Å². The number of carbonyl (C=O) groups is 1. The lowest BCUT2D eigenvalue weighted by atomic mass is 9.75. The molecule has 3 heterocycles. The van der Waals surface area contributed by atoms with Crippen molar-refractivity contribution < 1.29 is 19.0 Å². The van der Waals surface area contributed by atoms with Gasteiger partial charge in [-0.2, -0.15) is 5.26 Å². The summed E-state index contributed by atoms with van der Waals surface area (Å²) in [6, 6.07) is 9.15. The van der Waals surface area contributed by atoms with E-state index < -0.39 is 17.3 Å². The molecule has 1 fully saturated rings. The lowest BCUT2D eigenvalue weighted by Crippen LogP contribution is -2.51. The lowest BCUT2D eigenvalue weighted by Gasteiger charge is -2.46. The number of nitrogens with two attached hydrogens (primary N) is 1. The Morgan fingerprint density at radius 3 is 3.00 bits per heavy atom. The van der Waals surface area contributed by atoms with Crippen molar-refractivity contribution in [2.24, 2.45) is 16.6 Å². The Bertz CT molecular complexity index is 1070. The summed E-state index contributed by atoms with van der Waals surface area (Å²) in [6.07, 6.45) is 1.50. The molecule has 4 rings (SSSR count). The quantitative estimate of drug-likeness (QED) is 0.661. The second-order valence-electron chi connectivity index (χ2n) is 7.43. The smallest absolute Gasteiger partial charge is 0.274 e. The van der Waals surface area contributed by atoms with Crippen molar-refractivity contribution in [2.75, 3.05) is 24.3 Å². The number of aliphatic imine (C=N–C) groups is 1. The van der Waals surface area contributed by atoms with Crippen LogP contribution in [-0.2, 0) is 10.3 Å². The highest BCUT2D eigenvalue weighted by Crippen LogP contribution is 2.47. The molecule has 31 heavy (non-hydrogen) atoms. The number of amidine groups is 1. The van der Waals surface area contributed by atoms with Gasteiger partial charge in [-0.15, -0.1) is 0 Å². The van der Waals surface area contributed by atoms with E-state index in [-0.39, 0.29) is 36.5 Å². The summed E-state index contributed by atoms with van der Waals surface area (Å²) in [5, 5.41) is 21.4. The molecule has 2 aliphatic heterocycles. The van der Waals surface area contributed by atoms with Crippen molar-refractivity contribution in [2.45, 2.75) is 18.1 Å². The Morgan fingerprint density at radius 1 is 1.45 bits per heavy atom. The van der Waals surface area contributed by atoms with Crippen molar-refractivity contribution in [3.63, 3.8) is 0 Å². The van der Waals surface area contributed by atoms with E-state index in [1.165, 1.54) is 42.2 Å². The first-order valence-corrected chi connectivity index (χ1v) is 10.6. The molecule has 8 nitrogen and oxygen atoms in total. The van der Waals surface area contributed by atoms with Crippen LogP contribution in [0.3, 0.4) is 0 Å². The number of fused-ring (bicyclic) bond motifs is 1. The van der Waals surface area contributed by atoms with Gasteiger partial charge < -0.3 is 20.9 Å². The van der Waals surface area contributed by atoms with Gasteiger partial charge in [0.2, 0.25) is 0 Å². The molecule has 1 aromatic heterocycles. The van der Waals surface area contributed by atoms with Gasteiger partial charge in [0, 0.05) is 29.1 Å². The van der Waals surface area contributed by atoms with Gasteiger partial charge in [-0.05, 0) is 36.8 Å². The molecule has 4 N–H and O–H groups in total. The molecule has 0 saturated carbocycles. The topological polar surface area (TPSA) is 134 Å². The highest BCUT2D eigenvalue weighted by molar-refractivity contribution is 8.13. The first-order valence-electron chi connectivity index (χ1n) is 9.63. The number of hydrogen-bond donors (Lipinski definition) is 3. The minimum absolute atomic E-state index is 0.0790. The van der Waals surface area contributed by atoms with Crippen molar-refractivity contribution >= 4 is 28.5 Å². The van der Waals surface area contributed by atoms with Gasteiger partial charge in [0.1, 0.15) is 23.1 Å². The number of amides is 1. The van der Waals surface area contributed by atoms with Crippen LogP contribution in [0.1, 0.15) is 28.0 Å². The lowest BCUT2D eigenvalue weighted by molar-refractivity contribution is -0.0770. The first kappa shape index (κ1) is 21.2. The summed E-state index contributed by atoms with van der Waals surface area (Å²) in [6.45, 7) is -0.0394. The normalized spacial score (nSPS) is 25.1. The number of halogens is 1. The predicted octanol–water partition coefficient (Wildman–Crippen LogP) is 2.00. The number of ether oxygens (including phenoxy) is 1. The molecule has 160 valence electrons. The zero-order valence-corrected chi connectivity index (χ0v) is 17.2. The first-order chi connectivity index (χ1) is 14.9. The molecular formula is C21H20FN5O3S. The van der Waals surface area contributed by atoms with Crippen molar-refractivity contribution in [1.29, 1.82) is 5.26 Å². The molecule has 2 aromatic rings. The van der Waals surface area contributed by atoms with E-state index in [2.05, 4.69) is 15.3 Å². The van der Waals surface area contributed by atoms with E-state index in [9.17, 15) is 14.3 Å². The largest absolute Gasteiger partial charge is 0.394 e. The summed E-state index contributed by atoms with van der Waals surface area (Å²) in [7, 11) is 0. The molecule has 1 aromatic carbocycles. The highest BCUT2D eigenvalue weighted by atomic mass is 32.2. The monoisotopic (exact) mass is 441 g/mol. The maximum absolute atomic E-state index is 15.0. The van der Waals surface area contributed by atoms with Gasteiger partial charge in [-0.25, -0.2) is 14.4 Å². The number of nitrogens with one attached hydrogen (secondary N) is 1. The molecule has 1 unspecified atom stereocenters. The molecule has 2 aliphatic rings. The molecule has 1 amide bonds. The molecule has 10 heteroatoms. The fraction of sp³-hybridized carbons (Fsp3) is 0.333. The maximum Gasteiger partial charge on any atom is 0.274 e. The second kappa shape index (κ2) is 8.63. The standard InChI is InChI=1S/C21H20FN5O3S/c22-17-3-2-14(26-19(29)18-4-1-12(7-23)8-25-18)6-16(17)21-11-30-15(9-28)5-13(21)10-31-20(24)27-21/h1-4,6,8,13,15,28H,5,9-11H2,(H2,24,27)(H,26,29)/t13?,15-,21+/m1/s1. The summed E-state index contributed by atoms with van der Waals surface area (Å²) in [5.41, 5.74) is 6.08. The molecular weight excluding hydrogens is 421 g/mol. The zero-order valence-electron chi connectivity index (χ0n) is 16.4. The van der Waals surface area contributed by atoms with E-state index in [4.69, 9.17) is 15.7 Å². The van der Waals surface area contributed by atoms with Crippen LogP contribution in [0.25, 0.3) is 0 Å². The summed E-state index contributed by atoms with van der Waals surface area (Å²) in [5.74, 6) is -0.427. The van der Waals surface area contributed by atoms with Crippen LogP contribution in [0.4, 0.5) is 10.1 Å². The predicted molar refractivity (Wildman–Crippen MR) is 114 cm³/mol. The van der Waals surface area contributed by atoms with Crippen LogP contribution < -0.4 is 11.1 Å². The van der Waals surface area contributed by atoms with Crippen LogP contribution in [0, 0.1) is 23.1 Å². The van der Waals surface area contributed by atoms with Crippen LogP contribution in [0.5, 0.6) is 0 Å². The summed E-state index contributed by atoms with van der Waals surface area (Å²) < 4.78 is 20.7. The van der Waals surface area contributed by atoms with Crippen molar-refractivity contribution in [1.82, 2.24) is 4.98 Å². The fourth-order valence-corrected chi connectivity index (χ4v) is 4.91. The Hall–Kier alpha value is -3.00. The molecule has 0 bridgehead atoms. The van der Waals surface area contributed by atoms with Crippen LogP contribution in [-0.4, -0.2) is 46.2 Å². The maximum atomic E-state index is 15.0. The third-order valence-corrected chi connectivity index (χ3v) is 6.48. The van der Waals surface area contributed by atoms with Gasteiger partial charge in [-0.1, -0.05) is 11.8 Å². The number of aliphatic hydroxyl groups excluding tert-OH is 1. The van der Waals surface area contributed by atoms with Crippen LogP contribution in [0.15, 0.2) is 41.5 Å². The number of aliphatic hydroxyl groups is 1. The average molecular weight is 441 g/mol. The number of nitriles is 1. The molecule has 1 saturated heterocycles. The molecule has 0 aliphatic carbocycles.